The van der Waals surface area contributed by atoms with Crippen molar-refractivity contribution in [3.8, 4) is 11.3 Å². The van der Waals surface area contributed by atoms with Crippen molar-refractivity contribution in [3.63, 3.8) is 0 Å². The van der Waals surface area contributed by atoms with Gasteiger partial charge in [-0.25, -0.2) is 9.37 Å². The summed E-state index contributed by atoms with van der Waals surface area (Å²) in [6.07, 6.45) is 5.00. The molecule has 1 saturated heterocycles. The minimum atomic E-state index is -0.372. The molecule has 9 heteroatoms. The Hall–Kier alpha value is -4.53. The highest BCUT2D eigenvalue weighted by atomic mass is 19.1. The van der Waals surface area contributed by atoms with E-state index in [1.54, 1.807) is 41.2 Å². The van der Waals surface area contributed by atoms with Crippen molar-refractivity contribution in [2.75, 3.05) is 42.9 Å². The van der Waals surface area contributed by atoms with Gasteiger partial charge in [-0.15, -0.1) is 0 Å². The van der Waals surface area contributed by atoms with Crippen LogP contribution < -0.4 is 10.2 Å². The molecule has 6 rings (SSSR count). The third kappa shape index (κ3) is 4.33. The number of amides is 1. The Morgan fingerprint density at radius 3 is 2.65 bits per heavy atom. The fourth-order valence-corrected chi connectivity index (χ4v) is 4.93. The molecule has 1 fully saturated rings. The van der Waals surface area contributed by atoms with Crippen LogP contribution in [0, 0.1) is 12.7 Å². The lowest BCUT2D eigenvalue weighted by Gasteiger charge is -2.36. The first-order valence-electron chi connectivity index (χ1n) is 12.3. The summed E-state index contributed by atoms with van der Waals surface area (Å²) >= 11 is 0. The molecule has 1 aliphatic rings. The maximum absolute atomic E-state index is 14.6. The Labute approximate surface area is 213 Å². The first-order valence-corrected chi connectivity index (χ1v) is 12.3. The number of carbonyl (C=O) groups excluding carboxylic acids is 1. The molecule has 37 heavy (non-hydrogen) atoms. The second-order valence-corrected chi connectivity index (χ2v) is 9.11. The zero-order valence-corrected chi connectivity index (χ0v) is 20.4. The van der Waals surface area contributed by atoms with Gasteiger partial charge in [-0.1, -0.05) is 30.3 Å². The molecule has 1 aliphatic heterocycles. The van der Waals surface area contributed by atoms with Crippen LogP contribution >= 0.6 is 0 Å². The van der Waals surface area contributed by atoms with E-state index in [0.29, 0.717) is 35.8 Å². The SMILES string of the molecule is Cc1cc(N2CCN(C(=O)CNc3c(-c4ccccc4F)nc4cnccn34)CC2)c2ccccc2n1. The van der Waals surface area contributed by atoms with E-state index in [2.05, 4.69) is 37.3 Å². The van der Waals surface area contributed by atoms with Crippen molar-refractivity contribution in [1.82, 2.24) is 24.3 Å². The van der Waals surface area contributed by atoms with E-state index in [1.807, 2.05) is 30.0 Å². The van der Waals surface area contributed by atoms with Crippen LogP contribution in [0.3, 0.4) is 0 Å². The average Bonchev–Trinajstić information content (AvgIpc) is 3.30. The number of fused-ring (bicyclic) bond motifs is 2. The van der Waals surface area contributed by atoms with Crippen LogP contribution in [0.2, 0.25) is 0 Å². The van der Waals surface area contributed by atoms with E-state index in [9.17, 15) is 9.18 Å². The Balaban J connectivity index is 1.18. The maximum atomic E-state index is 14.6. The van der Waals surface area contributed by atoms with Crippen LogP contribution in [0.15, 0.2) is 73.2 Å². The Morgan fingerprint density at radius 2 is 1.81 bits per heavy atom. The van der Waals surface area contributed by atoms with Gasteiger partial charge in [0.2, 0.25) is 5.91 Å². The topological polar surface area (TPSA) is 78.7 Å². The smallest absolute Gasteiger partial charge is 0.242 e. The molecule has 0 bridgehead atoms. The lowest BCUT2D eigenvalue weighted by molar-refractivity contribution is -0.129. The van der Waals surface area contributed by atoms with Crippen molar-refractivity contribution < 1.29 is 9.18 Å². The number of imidazole rings is 1. The summed E-state index contributed by atoms with van der Waals surface area (Å²) in [6.45, 7) is 4.80. The zero-order valence-electron chi connectivity index (χ0n) is 20.4. The van der Waals surface area contributed by atoms with Gasteiger partial charge in [0.25, 0.3) is 0 Å². The highest BCUT2D eigenvalue weighted by Crippen LogP contribution is 2.31. The van der Waals surface area contributed by atoms with Gasteiger partial charge in [-0.05, 0) is 31.2 Å². The number of nitrogens with one attached hydrogen (secondary N) is 1. The number of para-hydroxylation sites is 1. The van der Waals surface area contributed by atoms with Crippen molar-refractivity contribution in [2.24, 2.45) is 0 Å². The van der Waals surface area contributed by atoms with Crippen molar-refractivity contribution in [1.29, 1.82) is 0 Å². The number of piperazine rings is 1. The predicted molar refractivity (Wildman–Crippen MR) is 142 cm³/mol. The maximum Gasteiger partial charge on any atom is 0.242 e. The number of carbonyl (C=O) groups is 1. The molecule has 8 nitrogen and oxygen atoms in total. The molecule has 1 amide bonds. The molecule has 3 aromatic heterocycles. The summed E-state index contributed by atoms with van der Waals surface area (Å²) in [5.74, 6) is 0.176. The highest BCUT2D eigenvalue weighted by Gasteiger charge is 2.24. The van der Waals surface area contributed by atoms with E-state index in [-0.39, 0.29) is 18.3 Å². The van der Waals surface area contributed by atoms with E-state index >= 15 is 0 Å². The van der Waals surface area contributed by atoms with Crippen molar-refractivity contribution in [2.45, 2.75) is 6.92 Å². The molecule has 0 spiro atoms. The largest absolute Gasteiger partial charge is 0.367 e. The summed E-state index contributed by atoms with van der Waals surface area (Å²) in [4.78, 5) is 30.7. The fraction of sp³-hybridized carbons (Fsp3) is 0.214. The molecule has 5 aromatic rings. The summed E-state index contributed by atoms with van der Waals surface area (Å²) in [7, 11) is 0. The van der Waals surface area contributed by atoms with Crippen molar-refractivity contribution >= 4 is 34.0 Å². The molecule has 0 unspecified atom stereocenters. The molecule has 1 N–H and O–H groups in total. The van der Waals surface area contributed by atoms with Gasteiger partial charge in [0, 0.05) is 60.9 Å². The van der Waals surface area contributed by atoms with Gasteiger partial charge in [-0.3, -0.25) is 19.2 Å². The van der Waals surface area contributed by atoms with Gasteiger partial charge in [0.05, 0.1) is 18.3 Å². The van der Waals surface area contributed by atoms with Crippen molar-refractivity contribution in [3.05, 3.63) is 84.7 Å². The number of hydrogen-bond donors (Lipinski definition) is 1. The fourth-order valence-electron chi connectivity index (χ4n) is 4.93. The second-order valence-electron chi connectivity index (χ2n) is 9.11. The number of aryl methyl sites for hydroxylation is 1. The second kappa shape index (κ2) is 9.50. The lowest BCUT2D eigenvalue weighted by atomic mass is 10.1. The third-order valence-electron chi connectivity index (χ3n) is 6.76. The molecule has 0 atom stereocenters. The van der Waals surface area contributed by atoms with Crippen LogP contribution in [0.5, 0.6) is 0 Å². The summed E-state index contributed by atoms with van der Waals surface area (Å²) < 4.78 is 16.4. The number of benzene rings is 2. The number of nitrogens with zero attached hydrogens (tertiary/aromatic N) is 6. The number of hydrogen-bond acceptors (Lipinski definition) is 6. The normalized spacial score (nSPS) is 13.9. The molecular formula is C28H26FN7O. The third-order valence-corrected chi connectivity index (χ3v) is 6.76. The van der Waals surface area contributed by atoms with Crippen LogP contribution in [-0.4, -0.2) is 62.9 Å². The van der Waals surface area contributed by atoms with Gasteiger partial charge >= 0.3 is 0 Å². The van der Waals surface area contributed by atoms with Crippen LogP contribution in [0.1, 0.15) is 5.69 Å². The van der Waals surface area contributed by atoms with Crippen LogP contribution in [-0.2, 0) is 4.79 Å². The number of pyridine rings is 1. The summed E-state index contributed by atoms with van der Waals surface area (Å²) in [5, 5.41) is 4.35. The molecule has 4 heterocycles. The zero-order chi connectivity index (χ0) is 25.4. The molecule has 186 valence electrons. The van der Waals surface area contributed by atoms with Crippen LogP contribution in [0.4, 0.5) is 15.9 Å². The predicted octanol–water partition coefficient (Wildman–Crippen LogP) is 4.15. The lowest BCUT2D eigenvalue weighted by Crippen LogP contribution is -2.50. The molecule has 0 aliphatic carbocycles. The van der Waals surface area contributed by atoms with E-state index in [1.165, 1.54) is 6.07 Å². The first kappa shape index (κ1) is 22.9. The Morgan fingerprint density at radius 1 is 1.03 bits per heavy atom. The standard InChI is InChI=1S/C28H26FN7O/c1-19-16-24(21-7-3-5-9-23(21)32-19)34-12-14-35(15-13-34)26(37)18-31-28-27(20-6-2-4-8-22(20)29)33-25-17-30-10-11-36(25)28/h2-11,16-17,31H,12-15,18H2,1H3. The van der Waals surface area contributed by atoms with E-state index in [4.69, 9.17) is 0 Å². The summed E-state index contributed by atoms with van der Waals surface area (Å²) in [5.41, 5.74) is 4.50. The minimum absolute atomic E-state index is 0.0149. The van der Waals surface area contributed by atoms with E-state index in [0.717, 1.165) is 35.4 Å². The van der Waals surface area contributed by atoms with Gasteiger partial charge in [0.1, 0.15) is 17.3 Å². The average molecular weight is 496 g/mol. The van der Waals surface area contributed by atoms with Gasteiger partial charge < -0.3 is 15.1 Å². The Kier molecular flexibility index (Phi) is 5.88. The first-order chi connectivity index (χ1) is 18.1. The monoisotopic (exact) mass is 495 g/mol. The molecule has 2 aromatic carbocycles. The Bertz CT molecular complexity index is 1610. The minimum Gasteiger partial charge on any atom is -0.367 e. The number of halogens is 1. The quantitative estimate of drug-likeness (QED) is 0.395. The number of aromatic nitrogens is 4. The molecule has 0 radical (unpaired) electrons. The summed E-state index contributed by atoms with van der Waals surface area (Å²) in [6, 6.07) is 16.8. The molecule has 0 saturated carbocycles. The molecular weight excluding hydrogens is 469 g/mol. The van der Waals surface area contributed by atoms with Crippen LogP contribution in [0.25, 0.3) is 27.8 Å². The van der Waals surface area contributed by atoms with Gasteiger partial charge in [-0.2, -0.15) is 0 Å². The highest BCUT2D eigenvalue weighted by molar-refractivity contribution is 5.92. The van der Waals surface area contributed by atoms with Gasteiger partial charge in [0.15, 0.2) is 5.65 Å². The number of anilines is 2. The van der Waals surface area contributed by atoms with E-state index < -0.39 is 0 Å². The number of rotatable bonds is 5.